The van der Waals surface area contributed by atoms with Gasteiger partial charge >= 0.3 is 0 Å². The van der Waals surface area contributed by atoms with E-state index >= 15 is 0 Å². The van der Waals surface area contributed by atoms with Gasteiger partial charge < -0.3 is 5.32 Å². The van der Waals surface area contributed by atoms with Crippen LogP contribution in [0.2, 0.25) is 0 Å². The summed E-state index contributed by atoms with van der Waals surface area (Å²) in [6.07, 6.45) is 2.78. The van der Waals surface area contributed by atoms with Crippen molar-refractivity contribution in [2.75, 3.05) is 13.6 Å². The standard InChI is InChI=1S/C12H15N3S/c1-9-15-11(6-8-13-2)12(16-9)10-5-3-4-7-14-10/h3-5,7,13H,6,8H2,1-2H3. The largest absolute Gasteiger partial charge is 0.319 e. The van der Waals surface area contributed by atoms with Crippen LogP contribution in [0.25, 0.3) is 10.6 Å². The number of nitrogens with one attached hydrogen (secondary N) is 1. The third kappa shape index (κ3) is 2.46. The van der Waals surface area contributed by atoms with Gasteiger partial charge in [0.25, 0.3) is 0 Å². The molecule has 0 aromatic carbocycles. The Morgan fingerprint density at radius 3 is 2.94 bits per heavy atom. The Morgan fingerprint density at radius 1 is 1.38 bits per heavy atom. The van der Waals surface area contributed by atoms with Crippen LogP contribution in [0.3, 0.4) is 0 Å². The maximum Gasteiger partial charge on any atom is 0.0904 e. The molecule has 0 saturated carbocycles. The van der Waals surface area contributed by atoms with Crippen molar-refractivity contribution < 1.29 is 0 Å². The van der Waals surface area contributed by atoms with Crippen molar-refractivity contribution >= 4 is 11.3 Å². The molecule has 0 radical (unpaired) electrons. The van der Waals surface area contributed by atoms with Gasteiger partial charge in [-0.15, -0.1) is 11.3 Å². The maximum atomic E-state index is 4.56. The highest BCUT2D eigenvalue weighted by atomic mass is 32.1. The normalized spacial score (nSPS) is 10.6. The predicted octanol–water partition coefficient (Wildman–Crippen LogP) is 2.28. The molecule has 0 bridgehead atoms. The summed E-state index contributed by atoms with van der Waals surface area (Å²) in [5.41, 5.74) is 2.18. The summed E-state index contributed by atoms with van der Waals surface area (Å²) in [4.78, 5) is 10.1. The van der Waals surface area contributed by atoms with Crippen molar-refractivity contribution in [3.05, 3.63) is 35.1 Å². The number of likely N-dealkylation sites (N-methyl/N-ethyl adjacent to an activating group) is 1. The van der Waals surface area contributed by atoms with Gasteiger partial charge in [0, 0.05) is 19.2 Å². The first-order valence-corrected chi connectivity index (χ1v) is 6.15. The third-order valence-corrected chi connectivity index (χ3v) is 3.35. The second-order valence-electron chi connectivity index (χ2n) is 3.58. The quantitative estimate of drug-likeness (QED) is 0.880. The Morgan fingerprint density at radius 2 is 2.25 bits per heavy atom. The fourth-order valence-corrected chi connectivity index (χ4v) is 2.52. The number of nitrogens with zero attached hydrogens (tertiary/aromatic N) is 2. The first-order valence-electron chi connectivity index (χ1n) is 5.33. The summed E-state index contributed by atoms with van der Waals surface area (Å²) < 4.78 is 0. The summed E-state index contributed by atoms with van der Waals surface area (Å²) in [7, 11) is 1.96. The van der Waals surface area contributed by atoms with Gasteiger partial charge in [0.05, 0.1) is 21.3 Å². The van der Waals surface area contributed by atoms with E-state index in [0.717, 1.165) is 29.4 Å². The van der Waals surface area contributed by atoms with Gasteiger partial charge in [0.15, 0.2) is 0 Å². The second-order valence-corrected chi connectivity index (χ2v) is 4.78. The fraction of sp³-hybridized carbons (Fsp3) is 0.333. The molecule has 1 N–H and O–H groups in total. The third-order valence-electron chi connectivity index (χ3n) is 2.31. The Hall–Kier alpha value is -1.26. The number of rotatable bonds is 4. The molecule has 0 amide bonds. The van der Waals surface area contributed by atoms with E-state index in [0.29, 0.717) is 0 Å². The van der Waals surface area contributed by atoms with Crippen molar-refractivity contribution in [1.82, 2.24) is 15.3 Å². The van der Waals surface area contributed by atoms with E-state index in [4.69, 9.17) is 0 Å². The monoisotopic (exact) mass is 233 g/mol. The van der Waals surface area contributed by atoms with Crippen LogP contribution in [0.1, 0.15) is 10.7 Å². The van der Waals surface area contributed by atoms with Gasteiger partial charge in [0.2, 0.25) is 0 Å². The molecule has 2 aromatic heterocycles. The first-order chi connectivity index (χ1) is 7.81. The smallest absolute Gasteiger partial charge is 0.0904 e. The molecule has 2 rings (SSSR count). The zero-order valence-electron chi connectivity index (χ0n) is 9.53. The molecule has 0 aliphatic carbocycles. The lowest BCUT2D eigenvalue weighted by Crippen LogP contribution is -2.11. The molecule has 3 nitrogen and oxygen atoms in total. The minimum absolute atomic E-state index is 0.947. The van der Waals surface area contributed by atoms with Gasteiger partial charge in [-0.05, 0) is 26.1 Å². The maximum absolute atomic E-state index is 4.56. The molecule has 16 heavy (non-hydrogen) atoms. The van der Waals surface area contributed by atoms with E-state index in [2.05, 4.69) is 15.3 Å². The topological polar surface area (TPSA) is 37.8 Å². The highest BCUT2D eigenvalue weighted by molar-refractivity contribution is 7.15. The molecule has 0 aliphatic rings. The van der Waals surface area contributed by atoms with E-state index in [9.17, 15) is 0 Å². The van der Waals surface area contributed by atoms with E-state index < -0.39 is 0 Å². The number of hydrogen-bond donors (Lipinski definition) is 1. The summed E-state index contributed by atoms with van der Waals surface area (Å²) in [6.45, 7) is 2.99. The van der Waals surface area contributed by atoms with Gasteiger partial charge in [-0.2, -0.15) is 0 Å². The minimum atomic E-state index is 0.947. The van der Waals surface area contributed by atoms with Gasteiger partial charge in [0.1, 0.15) is 0 Å². The van der Waals surface area contributed by atoms with Crippen LogP contribution in [0, 0.1) is 6.92 Å². The molecular weight excluding hydrogens is 218 g/mol. The van der Waals surface area contributed by atoms with E-state index in [1.165, 1.54) is 4.88 Å². The van der Waals surface area contributed by atoms with Crippen molar-refractivity contribution in [1.29, 1.82) is 0 Å². The van der Waals surface area contributed by atoms with Crippen LogP contribution in [0.15, 0.2) is 24.4 Å². The average Bonchev–Trinajstić information content (AvgIpc) is 2.69. The van der Waals surface area contributed by atoms with Crippen molar-refractivity contribution in [2.45, 2.75) is 13.3 Å². The molecule has 0 unspecified atom stereocenters. The predicted molar refractivity (Wildman–Crippen MR) is 67.7 cm³/mol. The number of aryl methyl sites for hydroxylation is 1. The number of aromatic nitrogens is 2. The molecule has 2 aromatic rings. The van der Waals surface area contributed by atoms with Crippen LogP contribution in [0.5, 0.6) is 0 Å². The summed E-state index contributed by atoms with van der Waals surface area (Å²) in [5, 5.41) is 4.25. The summed E-state index contributed by atoms with van der Waals surface area (Å²) in [6, 6.07) is 5.99. The van der Waals surface area contributed by atoms with Gasteiger partial charge in [-0.1, -0.05) is 6.07 Å². The lowest BCUT2D eigenvalue weighted by atomic mass is 10.2. The molecule has 0 fully saturated rings. The Balaban J connectivity index is 2.33. The van der Waals surface area contributed by atoms with Crippen LogP contribution in [-0.4, -0.2) is 23.6 Å². The molecule has 4 heteroatoms. The molecule has 0 spiro atoms. The van der Waals surface area contributed by atoms with Crippen molar-refractivity contribution in [3.63, 3.8) is 0 Å². The molecule has 2 heterocycles. The highest BCUT2D eigenvalue weighted by Crippen LogP contribution is 2.28. The molecular formula is C12H15N3S. The van der Waals surface area contributed by atoms with Crippen LogP contribution >= 0.6 is 11.3 Å². The summed E-state index contributed by atoms with van der Waals surface area (Å²) >= 11 is 1.72. The second kappa shape index (κ2) is 5.18. The van der Waals surface area contributed by atoms with Crippen molar-refractivity contribution in [2.24, 2.45) is 0 Å². The van der Waals surface area contributed by atoms with E-state index in [1.807, 2.05) is 38.4 Å². The summed E-state index contributed by atoms with van der Waals surface area (Å²) in [5.74, 6) is 0. The Bertz CT molecular complexity index is 451. The SMILES string of the molecule is CNCCc1nc(C)sc1-c1ccccn1. The zero-order chi connectivity index (χ0) is 11.4. The molecule has 0 atom stereocenters. The number of thiazole rings is 1. The van der Waals surface area contributed by atoms with Crippen LogP contribution < -0.4 is 5.32 Å². The number of pyridine rings is 1. The zero-order valence-corrected chi connectivity index (χ0v) is 10.3. The van der Waals surface area contributed by atoms with Gasteiger partial charge in [-0.3, -0.25) is 4.98 Å². The Labute approximate surface area is 99.6 Å². The fourth-order valence-electron chi connectivity index (χ4n) is 1.58. The average molecular weight is 233 g/mol. The molecule has 0 aliphatic heterocycles. The Kier molecular flexibility index (Phi) is 3.64. The minimum Gasteiger partial charge on any atom is -0.319 e. The van der Waals surface area contributed by atoms with E-state index in [-0.39, 0.29) is 0 Å². The lowest BCUT2D eigenvalue weighted by Gasteiger charge is -2.00. The first kappa shape index (κ1) is 11.2. The number of hydrogen-bond acceptors (Lipinski definition) is 4. The van der Waals surface area contributed by atoms with Crippen LogP contribution in [0.4, 0.5) is 0 Å². The molecule has 84 valence electrons. The molecule has 0 saturated heterocycles. The van der Waals surface area contributed by atoms with Gasteiger partial charge in [-0.25, -0.2) is 4.98 Å². The van der Waals surface area contributed by atoms with Crippen LogP contribution in [-0.2, 0) is 6.42 Å². The van der Waals surface area contributed by atoms with Crippen molar-refractivity contribution in [3.8, 4) is 10.6 Å². The lowest BCUT2D eigenvalue weighted by molar-refractivity contribution is 0.779. The van der Waals surface area contributed by atoms with E-state index in [1.54, 1.807) is 11.3 Å². The highest BCUT2D eigenvalue weighted by Gasteiger charge is 2.11.